The maximum atomic E-state index is 12.8. The van der Waals surface area contributed by atoms with Crippen LogP contribution >= 0.6 is 0 Å². The molecule has 136 valence electrons. The number of benzene rings is 3. The normalized spacial score (nSPS) is 12.9. The Bertz CT molecular complexity index is 1000. The molecule has 26 heavy (non-hydrogen) atoms. The van der Waals surface area contributed by atoms with Crippen molar-refractivity contribution in [3.8, 4) is 5.75 Å². The number of rotatable bonds is 6. The first kappa shape index (κ1) is 18.4. The lowest BCUT2D eigenvalue weighted by Crippen LogP contribution is -2.37. The number of sulfonamides is 1. The van der Waals surface area contributed by atoms with Gasteiger partial charge in [-0.3, -0.25) is 0 Å². The molecule has 0 amide bonds. The van der Waals surface area contributed by atoms with Crippen LogP contribution in [0.4, 0.5) is 0 Å². The summed E-state index contributed by atoms with van der Waals surface area (Å²) in [4.78, 5) is 0.287. The van der Waals surface area contributed by atoms with Gasteiger partial charge < -0.3 is 4.74 Å². The lowest BCUT2D eigenvalue weighted by molar-refractivity contribution is 0.284. The van der Waals surface area contributed by atoms with Gasteiger partial charge in [0.2, 0.25) is 10.0 Å². The third kappa shape index (κ3) is 3.89. The molecule has 0 fully saturated rings. The maximum Gasteiger partial charge on any atom is 0.241 e. The molecule has 0 bridgehead atoms. The zero-order chi connectivity index (χ0) is 18.7. The van der Waals surface area contributed by atoms with Crippen molar-refractivity contribution in [2.45, 2.75) is 31.7 Å². The molecule has 1 N–H and O–H groups in total. The predicted molar refractivity (Wildman–Crippen MR) is 105 cm³/mol. The van der Waals surface area contributed by atoms with Gasteiger partial charge in [-0.15, -0.1) is 0 Å². The fraction of sp³-hybridized carbons (Fsp3) is 0.238. The summed E-state index contributed by atoms with van der Waals surface area (Å²) in [6.45, 7) is 6.02. The first-order valence-electron chi connectivity index (χ1n) is 8.57. The highest BCUT2D eigenvalue weighted by Gasteiger charge is 2.20. The van der Waals surface area contributed by atoms with Crippen molar-refractivity contribution in [2.75, 3.05) is 6.61 Å². The van der Waals surface area contributed by atoms with Crippen LogP contribution in [0, 0.1) is 13.8 Å². The molecule has 3 rings (SSSR count). The van der Waals surface area contributed by atoms with Gasteiger partial charge in [-0.1, -0.05) is 54.6 Å². The molecule has 5 heteroatoms. The molecule has 1 atom stereocenters. The molecule has 1 unspecified atom stereocenters. The molecule has 0 saturated carbocycles. The highest BCUT2D eigenvalue weighted by atomic mass is 32.2. The van der Waals surface area contributed by atoms with Crippen molar-refractivity contribution in [1.82, 2.24) is 4.72 Å². The van der Waals surface area contributed by atoms with Crippen molar-refractivity contribution in [1.29, 1.82) is 0 Å². The van der Waals surface area contributed by atoms with E-state index in [1.54, 1.807) is 19.1 Å². The van der Waals surface area contributed by atoms with Gasteiger partial charge in [0.1, 0.15) is 12.4 Å². The van der Waals surface area contributed by atoms with E-state index in [0.29, 0.717) is 5.39 Å². The van der Waals surface area contributed by atoms with Crippen molar-refractivity contribution in [3.05, 3.63) is 71.8 Å². The average molecular weight is 369 g/mol. The summed E-state index contributed by atoms with van der Waals surface area (Å²) in [5, 5.41) is 1.61. The molecule has 0 saturated heterocycles. The Hall–Kier alpha value is -2.37. The molecule has 0 aliphatic carbocycles. The number of para-hydroxylation sites is 1. The SMILES string of the molecule is Cc1cccc(C)c1OCC(C)NS(=O)(=O)c1cccc2ccccc12. The van der Waals surface area contributed by atoms with E-state index in [-0.39, 0.29) is 17.5 Å². The summed E-state index contributed by atoms with van der Waals surface area (Å²) >= 11 is 0. The zero-order valence-corrected chi connectivity index (χ0v) is 16.0. The monoisotopic (exact) mass is 369 g/mol. The molecular formula is C21H23NO3S. The van der Waals surface area contributed by atoms with E-state index in [2.05, 4.69) is 4.72 Å². The Balaban J connectivity index is 1.77. The summed E-state index contributed by atoms with van der Waals surface area (Å²) in [7, 11) is -3.64. The van der Waals surface area contributed by atoms with E-state index < -0.39 is 10.0 Å². The van der Waals surface area contributed by atoms with Crippen molar-refractivity contribution < 1.29 is 13.2 Å². The smallest absolute Gasteiger partial charge is 0.241 e. The maximum absolute atomic E-state index is 12.8. The van der Waals surface area contributed by atoms with E-state index in [1.807, 2.05) is 62.4 Å². The van der Waals surface area contributed by atoms with Gasteiger partial charge in [0.25, 0.3) is 0 Å². The minimum absolute atomic E-state index is 0.260. The molecule has 4 nitrogen and oxygen atoms in total. The predicted octanol–water partition coefficient (Wildman–Crippen LogP) is 4.20. The Morgan fingerprint density at radius 3 is 2.27 bits per heavy atom. The highest BCUT2D eigenvalue weighted by molar-refractivity contribution is 7.89. The van der Waals surface area contributed by atoms with Crippen LogP contribution in [0.25, 0.3) is 10.8 Å². The minimum atomic E-state index is -3.64. The molecular weight excluding hydrogens is 346 g/mol. The van der Waals surface area contributed by atoms with E-state index in [1.165, 1.54) is 0 Å². The summed E-state index contributed by atoms with van der Waals surface area (Å²) in [5.74, 6) is 0.809. The lowest BCUT2D eigenvalue weighted by Gasteiger charge is -2.18. The van der Waals surface area contributed by atoms with Gasteiger partial charge in [0.15, 0.2) is 0 Å². The van der Waals surface area contributed by atoms with Crippen LogP contribution in [0.5, 0.6) is 5.75 Å². The standard InChI is InChI=1S/C21H23NO3S/c1-15-8-6-9-16(2)21(15)25-14-17(3)22-26(23,24)20-13-7-11-18-10-4-5-12-19(18)20/h4-13,17,22H,14H2,1-3H3. The number of hydrogen-bond donors (Lipinski definition) is 1. The number of ether oxygens (including phenoxy) is 1. The number of nitrogens with one attached hydrogen (secondary N) is 1. The average Bonchev–Trinajstić information content (AvgIpc) is 2.60. The molecule has 0 aliphatic rings. The Kier molecular flexibility index (Phi) is 5.30. The molecule has 3 aromatic carbocycles. The lowest BCUT2D eigenvalue weighted by atomic mass is 10.1. The zero-order valence-electron chi connectivity index (χ0n) is 15.2. The molecule has 0 aliphatic heterocycles. The van der Waals surface area contributed by atoms with Gasteiger partial charge in [0.05, 0.1) is 10.9 Å². The van der Waals surface area contributed by atoms with Crippen molar-refractivity contribution in [3.63, 3.8) is 0 Å². The Morgan fingerprint density at radius 1 is 0.923 bits per heavy atom. The van der Waals surface area contributed by atoms with Gasteiger partial charge in [-0.25, -0.2) is 13.1 Å². The largest absolute Gasteiger partial charge is 0.491 e. The molecule has 0 radical (unpaired) electrons. The van der Waals surface area contributed by atoms with Crippen LogP contribution in [0.1, 0.15) is 18.1 Å². The van der Waals surface area contributed by atoms with Gasteiger partial charge in [-0.05, 0) is 43.4 Å². The van der Waals surface area contributed by atoms with Crippen molar-refractivity contribution in [2.24, 2.45) is 0 Å². The fourth-order valence-corrected chi connectivity index (χ4v) is 4.49. The van der Waals surface area contributed by atoms with Gasteiger partial charge in [0, 0.05) is 5.39 Å². The molecule has 0 spiro atoms. The fourth-order valence-electron chi connectivity index (χ4n) is 3.03. The van der Waals surface area contributed by atoms with Crippen LogP contribution in [-0.4, -0.2) is 21.1 Å². The van der Waals surface area contributed by atoms with Crippen LogP contribution in [-0.2, 0) is 10.0 Å². The van der Waals surface area contributed by atoms with E-state index in [4.69, 9.17) is 4.74 Å². The number of aryl methyl sites for hydroxylation is 2. The summed E-state index contributed by atoms with van der Waals surface area (Å²) in [5.41, 5.74) is 2.07. The second-order valence-corrected chi connectivity index (χ2v) is 8.21. The Morgan fingerprint density at radius 2 is 1.54 bits per heavy atom. The molecule has 0 heterocycles. The second kappa shape index (κ2) is 7.48. The van der Waals surface area contributed by atoms with Crippen molar-refractivity contribution >= 4 is 20.8 Å². The molecule has 0 aromatic heterocycles. The summed E-state index contributed by atoms with van der Waals surface area (Å²) < 4.78 is 34.3. The molecule has 3 aromatic rings. The highest BCUT2D eigenvalue weighted by Crippen LogP contribution is 2.24. The van der Waals surface area contributed by atoms with Crippen LogP contribution in [0.3, 0.4) is 0 Å². The van der Waals surface area contributed by atoms with Gasteiger partial charge >= 0.3 is 0 Å². The number of hydrogen-bond acceptors (Lipinski definition) is 3. The summed E-state index contributed by atoms with van der Waals surface area (Å²) in [6, 6.07) is 18.3. The van der Waals surface area contributed by atoms with Crippen LogP contribution < -0.4 is 9.46 Å². The Labute approximate surface area is 154 Å². The summed E-state index contributed by atoms with van der Waals surface area (Å²) in [6.07, 6.45) is 0. The van der Waals surface area contributed by atoms with Crippen LogP contribution in [0.15, 0.2) is 65.6 Å². The van der Waals surface area contributed by atoms with E-state index in [0.717, 1.165) is 22.3 Å². The first-order chi connectivity index (χ1) is 12.4. The third-order valence-corrected chi connectivity index (χ3v) is 5.93. The topological polar surface area (TPSA) is 55.4 Å². The van der Waals surface area contributed by atoms with Gasteiger partial charge in [-0.2, -0.15) is 0 Å². The minimum Gasteiger partial charge on any atom is -0.491 e. The number of fused-ring (bicyclic) bond motifs is 1. The quantitative estimate of drug-likeness (QED) is 0.708. The van der Waals surface area contributed by atoms with E-state index >= 15 is 0 Å². The van der Waals surface area contributed by atoms with E-state index in [9.17, 15) is 8.42 Å². The van der Waals surface area contributed by atoms with Crippen LogP contribution in [0.2, 0.25) is 0 Å². The third-order valence-electron chi connectivity index (χ3n) is 4.28. The first-order valence-corrected chi connectivity index (χ1v) is 10.1. The second-order valence-electron chi connectivity index (χ2n) is 6.53.